The molecular weight excluding hydrogens is 314 g/mol. The lowest BCUT2D eigenvalue weighted by atomic mass is 10.1. The van der Waals surface area contributed by atoms with Gasteiger partial charge in [-0.25, -0.2) is 0 Å². The second-order valence-corrected chi connectivity index (χ2v) is 6.25. The molecule has 0 saturated carbocycles. The highest BCUT2D eigenvalue weighted by molar-refractivity contribution is 5.98. The van der Waals surface area contributed by atoms with Gasteiger partial charge in [0.2, 0.25) is 0 Å². The number of hydrogen-bond donors (Lipinski definition) is 0. The molecule has 1 atom stereocenters. The number of fused-ring (bicyclic) bond motifs is 1. The molecule has 1 aliphatic heterocycles. The molecular formula is C20H19N3O2. The molecule has 2 aromatic heterocycles. The fourth-order valence-electron chi connectivity index (χ4n) is 3.19. The van der Waals surface area contributed by atoms with Crippen molar-refractivity contribution in [1.29, 1.82) is 0 Å². The fraction of sp³-hybridized carbons (Fsp3) is 0.250. The maximum absolute atomic E-state index is 12.9. The molecule has 1 amide bonds. The Morgan fingerprint density at radius 2 is 2.08 bits per heavy atom. The molecule has 0 N–H and O–H groups in total. The van der Waals surface area contributed by atoms with Crippen molar-refractivity contribution in [2.75, 3.05) is 19.7 Å². The predicted molar refractivity (Wildman–Crippen MR) is 95.3 cm³/mol. The third kappa shape index (κ3) is 3.23. The number of carbonyl (C=O) groups is 1. The summed E-state index contributed by atoms with van der Waals surface area (Å²) < 4.78 is 5.87. The second kappa shape index (κ2) is 6.61. The molecule has 5 heteroatoms. The topological polar surface area (TPSA) is 55.3 Å². The Labute approximate surface area is 146 Å². The zero-order valence-corrected chi connectivity index (χ0v) is 14.1. The highest BCUT2D eigenvalue weighted by Gasteiger charge is 2.26. The summed E-state index contributed by atoms with van der Waals surface area (Å²) >= 11 is 0. The Morgan fingerprint density at radius 1 is 1.16 bits per heavy atom. The summed E-state index contributed by atoms with van der Waals surface area (Å²) in [7, 11) is 0. The van der Waals surface area contributed by atoms with Gasteiger partial charge >= 0.3 is 0 Å². The highest BCUT2D eigenvalue weighted by Crippen LogP contribution is 2.24. The molecule has 0 bridgehead atoms. The molecule has 126 valence electrons. The molecule has 4 rings (SSSR count). The number of carbonyl (C=O) groups excluding carboxylic acids is 1. The van der Waals surface area contributed by atoms with Crippen LogP contribution in [0.1, 0.15) is 27.7 Å². The van der Waals surface area contributed by atoms with Crippen LogP contribution in [-0.4, -0.2) is 40.5 Å². The van der Waals surface area contributed by atoms with Crippen molar-refractivity contribution < 1.29 is 9.53 Å². The lowest BCUT2D eigenvalue weighted by Gasteiger charge is -2.33. The van der Waals surface area contributed by atoms with Crippen LogP contribution in [0.4, 0.5) is 0 Å². The normalized spacial score (nSPS) is 17.6. The second-order valence-electron chi connectivity index (χ2n) is 6.25. The molecule has 0 unspecified atom stereocenters. The molecule has 3 heterocycles. The quantitative estimate of drug-likeness (QED) is 0.723. The first-order valence-corrected chi connectivity index (χ1v) is 8.39. The van der Waals surface area contributed by atoms with Crippen LogP contribution in [0, 0.1) is 6.92 Å². The number of pyridine rings is 2. The fourth-order valence-corrected chi connectivity index (χ4v) is 3.19. The average Bonchev–Trinajstić information content (AvgIpc) is 2.67. The third-order valence-electron chi connectivity index (χ3n) is 4.50. The van der Waals surface area contributed by atoms with Gasteiger partial charge in [0.25, 0.3) is 5.91 Å². The van der Waals surface area contributed by atoms with Crippen LogP contribution in [0.2, 0.25) is 0 Å². The molecule has 3 aromatic rings. The van der Waals surface area contributed by atoms with Crippen molar-refractivity contribution in [2.45, 2.75) is 13.0 Å². The Bertz CT molecular complexity index is 925. The molecule has 25 heavy (non-hydrogen) atoms. The van der Waals surface area contributed by atoms with Gasteiger partial charge in [0.05, 0.1) is 18.7 Å². The van der Waals surface area contributed by atoms with Gasteiger partial charge in [0.15, 0.2) is 0 Å². The Balaban J connectivity index is 1.56. The number of aromatic nitrogens is 2. The van der Waals surface area contributed by atoms with Gasteiger partial charge in [-0.2, -0.15) is 0 Å². The summed E-state index contributed by atoms with van der Waals surface area (Å²) in [5, 5.41) is 0.975. The lowest BCUT2D eigenvalue weighted by molar-refractivity contribution is -0.0228. The molecule has 1 aromatic carbocycles. The van der Waals surface area contributed by atoms with Crippen molar-refractivity contribution in [3.05, 3.63) is 71.7 Å². The van der Waals surface area contributed by atoms with Crippen LogP contribution in [0.25, 0.3) is 10.9 Å². The first-order valence-electron chi connectivity index (χ1n) is 8.39. The van der Waals surface area contributed by atoms with Gasteiger partial charge in [-0.1, -0.05) is 6.07 Å². The van der Waals surface area contributed by atoms with E-state index in [9.17, 15) is 4.79 Å². The summed E-state index contributed by atoms with van der Waals surface area (Å²) in [6.07, 6.45) is 3.43. The third-order valence-corrected chi connectivity index (χ3v) is 4.50. The Morgan fingerprint density at radius 3 is 2.96 bits per heavy atom. The minimum Gasteiger partial charge on any atom is -0.370 e. The first kappa shape index (κ1) is 15.7. The van der Waals surface area contributed by atoms with Gasteiger partial charge in [0, 0.05) is 35.6 Å². The molecule has 1 fully saturated rings. The Kier molecular flexibility index (Phi) is 4.15. The number of morpholine rings is 1. The van der Waals surface area contributed by atoms with Gasteiger partial charge in [-0.3, -0.25) is 14.8 Å². The standard InChI is InChI=1S/C20H19N3O2/c1-14-11-16(6-8-21-14)19-13-23(9-10-25-19)20(24)17-4-5-18-15(12-17)3-2-7-22-18/h2-8,11-12,19H,9-10,13H2,1H3/t19-/m1/s1. The average molecular weight is 333 g/mol. The molecule has 1 saturated heterocycles. The van der Waals surface area contributed by atoms with Gasteiger partial charge in [-0.05, 0) is 48.9 Å². The van der Waals surface area contributed by atoms with Crippen molar-refractivity contribution in [2.24, 2.45) is 0 Å². The molecule has 5 nitrogen and oxygen atoms in total. The number of hydrogen-bond acceptors (Lipinski definition) is 4. The SMILES string of the molecule is Cc1cc([C@H]2CN(C(=O)c3ccc4ncccc4c3)CCO2)ccn1. The summed E-state index contributed by atoms with van der Waals surface area (Å²) in [5.74, 6) is 0.0323. The van der Waals surface area contributed by atoms with Crippen LogP contribution < -0.4 is 0 Å². The van der Waals surface area contributed by atoms with Crippen molar-refractivity contribution in [3.8, 4) is 0 Å². The largest absolute Gasteiger partial charge is 0.370 e. The van der Waals surface area contributed by atoms with E-state index in [1.807, 2.05) is 54.3 Å². The van der Waals surface area contributed by atoms with Gasteiger partial charge in [0.1, 0.15) is 6.10 Å². The van der Waals surface area contributed by atoms with E-state index in [1.54, 1.807) is 12.4 Å². The monoisotopic (exact) mass is 333 g/mol. The zero-order valence-electron chi connectivity index (χ0n) is 14.1. The highest BCUT2D eigenvalue weighted by atomic mass is 16.5. The minimum atomic E-state index is -0.110. The molecule has 1 aliphatic rings. The van der Waals surface area contributed by atoms with Gasteiger partial charge < -0.3 is 9.64 Å². The zero-order chi connectivity index (χ0) is 17.2. The van der Waals surface area contributed by atoms with Crippen LogP contribution in [0.5, 0.6) is 0 Å². The number of amides is 1. The van der Waals surface area contributed by atoms with E-state index in [2.05, 4.69) is 9.97 Å². The molecule has 0 aliphatic carbocycles. The van der Waals surface area contributed by atoms with Crippen molar-refractivity contribution in [1.82, 2.24) is 14.9 Å². The summed E-state index contributed by atoms with van der Waals surface area (Å²) in [6.45, 7) is 3.64. The smallest absolute Gasteiger partial charge is 0.254 e. The number of aryl methyl sites for hydroxylation is 1. The van der Waals surface area contributed by atoms with E-state index in [1.165, 1.54) is 0 Å². The maximum Gasteiger partial charge on any atom is 0.254 e. The van der Waals surface area contributed by atoms with E-state index in [0.29, 0.717) is 25.3 Å². The van der Waals surface area contributed by atoms with Crippen LogP contribution in [0.3, 0.4) is 0 Å². The predicted octanol–water partition coefficient (Wildman–Crippen LogP) is 3.15. The summed E-state index contributed by atoms with van der Waals surface area (Å²) in [6, 6.07) is 13.5. The number of benzene rings is 1. The molecule has 0 spiro atoms. The minimum absolute atomic E-state index is 0.0323. The summed E-state index contributed by atoms with van der Waals surface area (Å²) in [5.41, 5.74) is 3.59. The first-order chi connectivity index (χ1) is 12.2. The number of ether oxygens (including phenoxy) is 1. The van der Waals surface area contributed by atoms with E-state index >= 15 is 0 Å². The van der Waals surface area contributed by atoms with E-state index < -0.39 is 0 Å². The van der Waals surface area contributed by atoms with Crippen molar-refractivity contribution >= 4 is 16.8 Å². The molecule has 0 radical (unpaired) electrons. The van der Waals surface area contributed by atoms with Crippen LogP contribution in [-0.2, 0) is 4.74 Å². The lowest BCUT2D eigenvalue weighted by Crippen LogP contribution is -2.42. The Hall–Kier alpha value is -2.79. The maximum atomic E-state index is 12.9. The number of rotatable bonds is 2. The van der Waals surface area contributed by atoms with E-state index in [0.717, 1.165) is 22.2 Å². The number of nitrogens with zero attached hydrogens (tertiary/aromatic N) is 3. The van der Waals surface area contributed by atoms with E-state index in [-0.39, 0.29) is 12.0 Å². The van der Waals surface area contributed by atoms with Crippen LogP contribution >= 0.6 is 0 Å². The van der Waals surface area contributed by atoms with Crippen LogP contribution in [0.15, 0.2) is 54.9 Å². The van der Waals surface area contributed by atoms with Gasteiger partial charge in [-0.15, -0.1) is 0 Å². The summed E-state index contributed by atoms with van der Waals surface area (Å²) in [4.78, 5) is 23.3. The van der Waals surface area contributed by atoms with E-state index in [4.69, 9.17) is 4.74 Å². The van der Waals surface area contributed by atoms with Crippen molar-refractivity contribution in [3.63, 3.8) is 0 Å².